The van der Waals surface area contributed by atoms with E-state index in [0.29, 0.717) is 6.54 Å². The first kappa shape index (κ1) is 13.1. The van der Waals surface area contributed by atoms with Gasteiger partial charge in [-0.1, -0.05) is 6.42 Å². The third-order valence-corrected chi connectivity index (χ3v) is 3.95. The van der Waals surface area contributed by atoms with Gasteiger partial charge in [0.1, 0.15) is 0 Å². The van der Waals surface area contributed by atoms with Crippen LogP contribution in [-0.2, 0) is 11.3 Å². The molecule has 0 aliphatic heterocycles. The van der Waals surface area contributed by atoms with Crippen molar-refractivity contribution >= 4 is 5.91 Å². The van der Waals surface area contributed by atoms with E-state index in [1.54, 1.807) is 6.20 Å². The summed E-state index contributed by atoms with van der Waals surface area (Å²) >= 11 is 0. The van der Waals surface area contributed by atoms with E-state index in [1.165, 1.54) is 0 Å². The fourth-order valence-electron chi connectivity index (χ4n) is 2.60. The van der Waals surface area contributed by atoms with E-state index in [0.717, 1.165) is 19.3 Å². The van der Waals surface area contributed by atoms with Crippen LogP contribution < -0.4 is 11.1 Å². The van der Waals surface area contributed by atoms with E-state index in [1.807, 2.05) is 30.8 Å². The normalized spacial score (nSPS) is 29.2. The lowest BCUT2D eigenvalue weighted by atomic mass is 9.84. The fourth-order valence-corrected chi connectivity index (χ4v) is 2.60. The molecular formula is C13H22N4O. The van der Waals surface area contributed by atoms with Crippen LogP contribution in [0.1, 0.15) is 33.1 Å². The predicted octanol–water partition coefficient (Wildman–Crippen LogP) is 0.905. The first-order chi connectivity index (χ1) is 8.52. The molecule has 1 saturated carbocycles. The van der Waals surface area contributed by atoms with Crippen molar-refractivity contribution in [3.63, 3.8) is 0 Å². The quantitative estimate of drug-likeness (QED) is 0.834. The first-order valence-electron chi connectivity index (χ1n) is 6.56. The number of carbonyl (C=O) groups excluding carboxylic acids is 1. The Hall–Kier alpha value is -1.36. The third-order valence-electron chi connectivity index (χ3n) is 3.95. The van der Waals surface area contributed by atoms with E-state index < -0.39 is 5.41 Å². The molecule has 0 saturated heterocycles. The summed E-state index contributed by atoms with van der Waals surface area (Å²) in [6, 6.07) is 1.92. The first-order valence-corrected chi connectivity index (χ1v) is 6.56. The van der Waals surface area contributed by atoms with Crippen LogP contribution in [0.4, 0.5) is 0 Å². The van der Waals surface area contributed by atoms with Crippen LogP contribution in [0, 0.1) is 5.41 Å². The molecule has 100 valence electrons. The summed E-state index contributed by atoms with van der Waals surface area (Å²) in [5.74, 6) is 0.0761. The van der Waals surface area contributed by atoms with Crippen LogP contribution >= 0.6 is 0 Å². The predicted molar refractivity (Wildman–Crippen MR) is 69.8 cm³/mol. The highest BCUT2D eigenvalue weighted by molar-refractivity contribution is 5.83. The second-order valence-electron chi connectivity index (χ2n) is 5.52. The summed E-state index contributed by atoms with van der Waals surface area (Å²) in [5, 5.41) is 7.19. The Morgan fingerprint density at radius 1 is 1.72 bits per heavy atom. The van der Waals surface area contributed by atoms with E-state index >= 15 is 0 Å². The van der Waals surface area contributed by atoms with Gasteiger partial charge in [-0.05, 0) is 32.8 Å². The molecule has 3 N–H and O–H groups in total. The lowest BCUT2D eigenvalue weighted by Crippen LogP contribution is -2.50. The zero-order valence-electron chi connectivity index (χ0n) is 11.1. The van der Waals surface area contributed by atoms with Gasteiger partial charge in [0.15, 0.2) is 0 Å². The van der Waals surface area contributed by atoms with Crippen LogP contribution in [0.5, 0.6) is 0 Å². The van der Waals surface area contributed by atoms with Gasteiger partial charge >= 0.3 is 0 Å². The molecule has 0 aromatic carbocycles. The van der Waals surface area contributed by atoms with Gasteiger partial charge in [0.05, 0.1) is 12.0 Å². The van der Waals surface area contributed by atoms with Crippen molar-refractivity contribution in [1.29, 1.82) is 0 Å². The SMILES string of the molecule is CC(Cn1cccn1)NC(=O)C1(C)CCCC1N. The summed E-state index contributed by atoms with van der Waals surface area (Å²) in [5.41, 5.74) is 5.64. The number of amides is 1. The monoisotopic (exact) mass is 250 g/mol. The maximum absolute atomic E-state index is 12.3. The molecule has 3 atom stereocenters. The Balaban J connectivity index is 1.91. The van der Waals surface area contributed by atoms with E-state index in [9.17, 15) is 4.79 Å². The summed E-state index contributed by atoms with van der Waals surface area (Å²) < 4.78 is 1.82. The average molecular weight is 250 g/mol. The summed E-state index contributed by atoms with van der Waals surface area (Å²) in [6.45, 7) is 4.65. The van der Waals surface area contributed by atoms with Gasteiger partial charge in [-0.3, -0.25) is 9.48 Å². The molecule has 1 aliphatic carbocycles. The molecule has 1 fully saturated rings. The number of hydrogen-bond donors (Lipinski definition) is 2. The molecule has 1 heterocycles. The summed E-state index contributed by atoms with van der Waals surface area (Å²) in [7, 11) is 0. The molecule has 1 aromatic rings. The van der Waals surface area contributed by atoms with Gasteiger partial charge in [0.25, 0.3) is 0 Å². The number of hydrogen-bond acceptors (Lipinski definition) is 3. The Morgan fingerprint density at radius 2 is 2.50 bits per heavy atom. The molecule has 5 heteroatoms. The number of nitrogens with zero attached hydrogens (tertiary/aromatic N) is 2. The van der Waals surface area contributed by atoms with Gasteiger partial charge in [-0.25, -0.2) is 0 Å². The zero-order chi connectivity index (χ0) is 13.2. The van der Waals surface area contributed by atoms with Crippen molar-refractivity contribution in [1.82, 2.24) is 15.1 Å². The molecule has 1 amide bonds. The number of aromatic nitrogens is 2. The molecule has 0 radical (unpaired) electrons. The molecule has 1 aromatic heterocycles. The Kier molecular flexibility index (Phi) is 3.71. The van der Waals surface area contributed by atoms with Gasteiger partial charge in [-0.2, -0.15) is 5.10 Å². The second kappa shape index (κ2) is 5.10. The highest BCUT2D eigenvalue weighted by Crippen LogP contribution is 2.36. The maximum Gasteiger partial charge on any atom is 0.227 e. The zero-order valence-corrected chi connectivity index (χ0v) is 11.1. The fraction of sp³-hybridized carbons (Fsp3) is 0.692. The maximum atomic E-state index is 12.3. The van der Waals surface area contributed by atoms with Gasteiger partial charge in [-0.15, -0.1) is 0 Å². The highest BCUT2D eigenvalue weighted by Gasteiger charge is 2.43. The summed E-state index contributed by atoms with van der Waals surface area (Å²) in [6.07, 6.45) is 6.50. The Labute approximate surface area is 108 Å². The van der Waals surface area contributed by atoms with Gasteiger partial charge in [0, 0.05) is 24.5 Å². The minimum Gasteiger partial charge on any atom is -0.351 e. The van der Waals surface area contributed by atoms with Crippen molar-refractivity contribution in [2.75, 3.05) is 0 Å². The Bertz CT molecular complexity index is 403. The van der Waals surface area contributed by atoms with Crippen molar-refractivity contribution in [3.8, 4) is 0 Å². The Morgan fingerprint density at radius 3 is 3.06 bits per heavy atom. The van der Waals surface area contributed by atoms with Crippen molar-refractivity contribution in [2.24, 2.45) is 11.1 Å². The molecule has 3 unspecified atom stereocenters. The van der Waals surface area contributed by atoms with Crippen LogP contribution in [0.3, 0.4) is 0 Å². The van der Waals surface area contributed by atoms with Crippen molar-refractivity contribution in [2.45, 2.75) is 51.7 Å². The lowest BCUT2D eigenvalue weighted by Gasteiger charge is -2.29. The average Bonchev–Trinajstić information content (AvgIpc) is 2.91. The molecule has 5 nitrogen and oxygen atoms in total. The number of nitrogens with two attached hydrogens (primary N) is 1. The van der Waals surface area contributed by atoms with Gasteiger partial charge in [0.2, 0.25) is 5.91 Å². The van der Waals surface area contributed by atoms with E-state index in [4.69, 9.17) is 5.73 Å². The topological polar surface area (TPSA) is 72.9 Å². The van der Waals surface area contributed by atoms with Crippen LogP contribution in [0.15, 0.2) is 18.5 Å². The van der Waals surface area contributed by atoms with Crippen molar-refractivity contribution in [3.05, 3.63) is 18.5 Å². The van der Waals surface area contributed by atoms with Crippen molar-refractivity contribution < 1.29 is 4.79 Å². The lowest BCUT2D eigenvalue weighted by molar-refractivity contribution is -0.131. The molecule has 18 heavy (non-hydrogen) atoms. The van der Waals surface area contributed by atoms with E-state index in [-0.39, 0.29) is 18.0 Å². The minimum absolute atomic E-state index is 0.0191. The number of carbonyl (C=O) groups is 1. The summed E-state index contributed by atoms with van der Waals surface area (Å²) in [4.78, 5) is 12.3. The highest BCUT2D eigenvalue weighted by atomic mass is 16.2. The number of nitrogens with one attached hydrogen (secondary N) is 1. The largest absolute Gasteiger partial charge is 0.351 e. The second-order valence-corrected chi connectivity index (χ2v) is 5.52. The molecule has 1 aliphatic rings. The molecule has 0 spiro atoms. The van der Waals surface area contributed by atoms with Gasteiger partial charge < -0.3 is 11.1 Å². The third kappa shape index (κ3) is 2.56. The molecule has 0 bridgehead atoms. The van der Waals surface area contributed by atoms with Crippen LogP contribution in [0.25, 0.3) is 0 Å². The molecule has 2 rings (SSSR count). The van der Waals surface area contributed by atoms with E-state index in [2.05, 4.69) is 10.4 Å². The van der Waals surface area contributed by atoms with Crippen LogP contribution in [-0.4, -0.2) is 27.8 Å². The number of rotatable bonds is 4. The van der Waals surface area contributed by atoms with Crippen LogP contribution in [0.2, 0.25) is 0 Å². The minimum atomic E-state index is -0.404. The smallest absolute Gasteiger partial charge is 0.227 e. The molecular weight excluding hydrogens is 228 g/mol. The standard InChI is InChI=1S/C13H22N4O/c1-10(9-17-8-4-7-15-17)16-12(18)13(2)6-3-5-11(13)14/h4,7-8,10-11H,3,5-6,9,14H2,1-2H3,(H,16,18).